The van der Waals surface area contributed by atoms with E-state index in [0.29, 0.717) is 6.61 Å². The Balaban J connectivity index is 2.13. The summed E-state index contributed by atoms with van der Waals surface area (Å²) < 4.78 is 7.92. The summed E-state index contributed by atoms with van der Waals surface area (Å²) in [5, 5.41) is 0.744. The van der Waals surface area contributed by atoms with Crippen LogP contribution in [-0.4, -0.2) is 25.6 Å². The number of rotatable bonds is 5. The molecule has 2 nitrogen and oxygen atoms in total. The van der Waals surface area contributed by atoms with E-state index in [1.165, 1.54) is 5.56 Å². The average molecular weight is 370 g/mol. The molecule has 0 N–H and O–H groups in total. The number of hydrogen-bond acceptors (Lipinski definition) is 1. The first-order chi connectivity index (χ1) is 9.83. The lowest BCUT2D eigenvalue weighted by Crippen LogP contribution is -2.33. The number of halogens is 2. The van der Waals surface area contributed by atoms with Gasteiger partial charge in [-0.05, 0) is 35.9 Å². The Bertz CT molecular complexity index is 605. The molecular weight excluding hydrogens is 350 g/mol. The molecule has 2 aromatic rings. The van der Waals surface area contributed by atoms with Crippen LogP contribution in [0.25, 0.3) is 0 Å². The fourth-order valence-corrected chi connectivity index (χ4v) is 2.60. The van der Waals surface area contributed by atoms with Crippen LogP contribution >= 0.6 is 27.5 Å². The minimum Gasteiger partial charge on any atom is -0.488 e. The Morgan fingerprint density at radius 2 is 1.71 bits per heavy atom. The first-order valence-corrected chi connectivity index (χ1v) is 7.97. The van der Waals surface area contributed by atoms with E-state index in [0.717, 1.165) is 31.8 Å². The van der Waals surface area contributed by atoms with Gasteiger partial charge in [-0.15, -0.1) is 0 Å². The summed E-state index contributed by atoms with van der Waals surface area (Å²) in [6.45, 7) is 1.46. The second kappa shape index (κ2) is 6.82. The topological polar surface area (TPSA) is 9.23 Å². The van der Waals surface area contributed by atoms with Crippen molar-refractivity contribution in [3.05, 3.63) is 63.1 Å². The van der Waals surface area contributed by atoms with E-state index in [9.17, 15) is 0 Å². The summed E-state index contributed by atoms with van der Waals surface area (Å²) in [6.07, 6.45) is 0. The molecule has 112 valence electrons. The van der Waals surface area contributed by atoms with Crippen LogP contribution in [0.3, 0.4) is 0 Å². The van der Waals surface area contributed by atoms with E-state index in [-0.39, 0.29) is 0 Å². The highest BCUT2D eigenvalue weighted by Gasteiger charge is 2.14. The predicted molar refractivity (Wildman–Crippen MR) is 91.7 cm³/mol. The Labute approximate surface area is 140 Å². The summed E-state index contributed by atoms with van der Waals surface area (Å²) in [7, 11) is 6.51. The van der Waals surface area contributed by atoms with Crippen molar-refractivity contribution in [3.63, 3.8) is 0 Å². The zero-order chi connectivity index (χ0) is 15.5. The fraction of sp³-hybridized carbons (Fsp3) is 0.294. The Morgan fingerprint density at radius 1 is 1.05 bits per heavy atom. The number of hydrogen-bond donors (Lipinski definition) is 0. The molecule has 0 amide bonds. The molecule has 0 aliphatic rings. The van der Waals surface area contributed by atoms with Crippen LogP contribution in [0.2, 0.25) is 5.02 Å². The van der Waals surface area contributed by atoms with Crippen LogP contribution in [0, 0.1) is 0 Å². The number of ether oxygens (including phenoxy) is 1. The summed E-state index contributed by atoms with van der Waals surface area (Å²) >= 11 is 9.43. The van der Waals surface area contributed by atoms with Crippen molar-refractivity contribution in [2.45, 2.75) is 13.2 Å². The summed E-state index contributed by atoms with van der Waals surface area (Å²) in [4.78, 5) is 0. The molecule has 0 aliphatic carbocycles. The molecule has 4 heteroatoms. The van der Waals surface area contributed by atoms with Crippen LogP contribution in [0.5, 0.6) is 5.75 Å². The van der Waals surface area contributed by atoms with Crippen LogP contribution in [-0.2, 0) is 13.2 Å². The zero-order valence-corrected chi connectivity index (χ0v) is 14.9. The van der Waals surface area contributed by atoms with Gasteiger partial charge in [0.2, 0.25) is 0 Å². The monoisotopic (exact) mass is 368 g/mol. The van der Waals surface area contributed by atoms with Gasteiger partial charge in [-0.3, -0.25) is 0 Å². The van der Waals surface area contributed by atoms with Gasteiger partial charge in [0.05, 0.1) is 21.1 Å². The lowest BCUT2D eigenvalue weighted by Gasteiger charge is -2.25. The van der Waals surface area contributed by atoms with Gasteiger partial charge in [0.1, 0.15) is 18.9 Å². The molecule has 0 saturated carbocycles. The first-order valence-electron chi connectivity index (χ1n) is 6.80. The van der Waals surface area contributed by atoms with Gasteiger partial charge in [-0.1, -0.05) is 39.7 Å². The van der Waals surface area contributed by atoms with E-state index >= 15 is 0 Å². The second-order valence-corrected chi connectivity index (χ2v) is 7.47. The highest BCUT2D eigenvalue weighted by atomic mass is 79.9. The lowest BCUT2D eigenvalue weighted by molar-refractivity contribution is -0.884. The third-order valence-corrected chi connectivity index (χ3v) is 3.72. The lowest BCUT2D eigenvalue weighted by atomic mass is 10.1. The smallest absolute Gasteiger partial charge is 0.128 e. The van der Waals surface area contributed by atoms with Gasteiger partial charge in [0.25, 0.3) is 0 Å². The Kier molecular flexibility index (Phi) is 5.31. The van der Waals surface area contributed by atoms with Crippen LogP contribution in [0.4, 0.5) is 0 Å². The van der Waals surface area contributed by atoms with Crippen molar-refractivity contribution in [1.82, 2.24) is 0 Å². The molecule has 2 rings (SSSR count). The van der Waals surface area contributed by atoms with E-state index in [1.807, 2.05) is 36.4 Å². The van der Waals surface area contributed by atoms with Crippen molar-refractivity contribution >= 4 is 27.5 Å². The SMILES string of the molecule is C[N+](C)(C)Cc1cc(Br)ccc1OCc1ccc(Cl)cc1. The van der Waals surface area contributed by atoms with Gasteiger partial charge < -0.3 is 9.22 Å². The van der Waals surface area contributed by atoms with Gasteiger partial charge >= 0.3 is 0 Å². The number of quaternary nitrogens is 1. The Morgan fingerprint density at radius 3 is 2.33 bits per heavy atom. The minimum absolute atomic E-state index is 0.545. The molecular formula is C17H20BrClNO+. The molecule has 0 saturated heterocycles. The van der Waals surface area contributed by atoms with E-state index in [4.69, 9.17) is 16.3 Å². The number of benzene rings is 2. The zero-order valence-electron chi connectivity index (χ0n) is 12.6. The van der Waals surface area contributed by atoms with Gasteiger partial charge in [0.15, 0.2) is 0 Å². The van der Waals surface area contributed by atoms with E-state index in [2.05, 4.69) is 43.1 Å². The standard InChI is InChI=1S/C17H20BrClNO/c1-20(2,3)11-14-10-15(18)6-9-17(14)21-12-13-4-7-16(19)8-5-13/h4-10H,11-12H2,1-3H3/q+1. The molecule has 0 aromatic heterocycles. The van der Waals surface area contributed by atoms with Gasteiger partial charge in [0, 0.05) is 15.1 Å². The predicted octanol–water partition coefficient (Wildman–Crippen LogP) is 4.89. The maximum Gasteiger partial charge on any atom is 0.128 e. The van der Waals surface area contributed by atoms with Crippen LogP contribution in [0.15, 0.2) is 46.9 Å². The average Bonchev–Trinajstić information content (AvgIpc) is 2.38. The molecule has 21 heavy (non-hydrogen) atoms. The van der Waals surface area contributed by atoms with Crippen molar-refractivity contribution in [3.8, 4) is 5.75 Å². The molecule has 0 atom stereocenters. The third kappa shape index (κ3) is 5.34. The molecule has 0 heterocycles. The Hall–Kier alpha value is -1.03. The maximum absolute atomic E-state index is 5.99. The third-order valence-electron chi connectivity index (χ3n) is 2.97. The molecule has 0 aliphatic heterocycles. The van der Waals surface area contributed by atoms with Gasteiger partial charge in [-0.25, -0.2) is 0 Å². The first kappa shape index (κ1) is 16.3. The maximum atomic E-state index is 5.99. The second-order valence-electron chi connectivity index (χ2n) is 6.12. The van der Waals surface area contributed by atoms with Crippen molar-refractivity contribution < 1.29 is 9.22 Å². The van der Waals surface area contributed by atoms with Crippen molar-refractivity contribution in [1.29, 1.82) is 0 Å². The molecule has 0 spiro atoms. The fourth-order valence-electron chi connectivity index (χ4n) is 2.07. The molecule has 0 radical (unpaired) electrons. The summed E-state index contributed by atoms with van der Waals surface area (Å²) in [6, 6.07) is 13.9. The molecule has 0 unspecified atom stereocenters. The van der Waals surface area contributed by atoms with Crippen molar-refractivity contribution in [2.24, 2.45) is 0 Å². The minimum atomic E-state index is 0.545. The highest BCUT2D eigenvalue weighted by Crippen LogP contribution is 2.26. The van der Waals surface area contributed by atoms with Crippen molar-refractivity contribution in [2.75, 3.05) is 21.1 Å². The normalized spacial score (nSPS) is 11.5. The van der Waals surface area contributed by atoms with Crippen LogP contribution < -0.4 is 4.74 Å². The molecule has 0 fully saturated rings. The summed E-state index contributed by atoms with van der Waals surface area (Å²) in [5.74, 6) is 0.932. The van der Waals surface area contributed by atoms with E-state index in [1.54, 1.807) is 0 Å². The van der Waals surface area contributed by atoms with Gasteiger partial charge in [-0.2, -0.15) is 0 Å². The molecule has 2 aromatic carbocycles. The van der Waals surface area contributed by atoms with E-state index < -0.39 is 0 Å². The molecule has 0 bridgehead atoms. The highest BCUT2D eigenvalue weighted by molar-refractivity contribution is 9.10. The summed E-state index contributed by atoms with van der Waals surface area (Å²) in [5.41, 5.74) is 2.31. The quantitative estimate of drug-likeness (QED) is 0.682. The number of nitrogens with zero attached hydrogens (tertiary/aromatic N) is 1. The van der Waals surface area contributed by atoms with Crippen LogP contribution in [0.1, 0.15) is 11.1 Å². The largest absolute Gasteiger partial charge is 0.488 e.